The van der Waals surface area contributed by atoms with Gasteiger partial charge in [-0.1, -0.05) is 489 Å². The Morgan fingerprint density at radius 2 is 0.361 bits per heavy atom. The van der Waals surface area contributed by atoms with Crippen LogP contribution in [-0.4, -0.2) is 76.9 Å². The van der Waals surface area contributed by atoms with E-state index in [1.54, 1.807) is 0 Å². The fraction of sp³-hybridized carbons (Fsp3) is 0.953. The smallest absolute Gasteiger partial charge is 0.726 e. The van der Waals surface area contributed by atoms with E-state index in [4.69, 9.17) is 0 Å². The molecular formula is C86H170CaO8S2. The third-order valence-corrected chi connectivity index (χ3v) is 21.3. The van der Waals surface area contributed by atoms with Crippen LogP contribution in [0.15, 0.2) is 24.3 Å². The first-order valence-corrected chi connectivity index (χ1v) is 46.2. The zero-order valence-corrected chi connectivity index (χ0v) is 69.8. The van der Waals surface area contributed by atoms with Crippen LogP contribution in [0.3, 0.4) is 0 Å². The number of rotatable bonds is 82. The first-order chi connectivity index (χ1) is 47.0. The fourth-order valence-corrected chi connectivity index (χ4v) is 14.7. The Bertz CT molecular complexity index is 1600. The Morgan fingerprint density at radius 3 is 0.505 bits per heavy atom. The van der Waals surface area contributed by atoms with Gasteiger partial charge in [0.15, 0.2) is 0 Å². The second kappa shape index (κ2) is 87.1. The summed E-state index contributed by atoms with van der Waals surface area (Å²) < 4.78 is 75.4. The van der Waals surface area contributed by atoms with Gasteiger partial charge in [-0.2, -0.15) is 0 Å². The van der Waals surface area contributed by atoms with Gasteiger partial charge in [0, 0.05) is 11.8 Å². The van der Waals surface area contributed by atoms with Crippen molar-refractivity contribution in [3.05, 3.63) is 24.3 Å². The van der Waals surface area contributed by atoms with E-state index < -0.39 is 20.8 Å². The number of hydrogen-bond acceptors (Lipinski definition) is 8. The Balaban J connectivity index is -0.00000180. The Hall–Kier alpha value is 0.480. The predicted molar refractivity (Wildman–Crippen MR) is 427 cm³/mol. The summed E-state index contributed by atoms with van der Waals surface area (Å²) in [5, 5.41) is 0. The standard InChI is InChI=1S/2C43H86O4S.Ca/c2*1-3-5-7-9-11-13-15-17-19-21-23-25-27-29-31-33-35-37-39-41-43(42-47-48(44,45)46)40-38-36-34-32-30-28-26-24-22-20-18-16-14-12-10-8-6-4-2;/h2*39,41,43H,3-38,40,42H2,1-2H3,(H,44,45,46);/q;;+2/p-2/b2*41-39+;. The van der Waals surface area contributed by atoms with Gasteiger partial charge in [0.1, 0.15) is 0 Å². The summed E-state index contributed by atoms with van der Waals surface area (Å²) in [5.41, 5.74) is 0. The van der Waals surface area contributed by atoms with Crippen molar-refractivity contribution in [2.75, 3.05) is 13.2 Å². The van der Waals surface area contributed by atoms with E-state index in [0.717, 1.165) is 38.5 Å². The van der Waals surface area contributed by atoms with E-state index in [1.165, 1.54) is 437 Å². The molecule has 0 aliphatic carbocycles. The molecule has 11 heteroatoms. The molecule has 0 fully saturated rings. The molecule has 0 bridgehead atoms. The molecule has 0 amide bonds. The monoisotopic (exact) mass is 1440 g/mol. The molecule has 0 aromatic heterocycles. The van der Waals surface area contributed by atoms with Crippen molar-refractivity contribution in [3.8, 4) is 0 Å². The maximum absolute atomic E-state index is 11.0. The molecule has 0 spiro atoms. The quantitative estimate of drug-likeness (QED) is 0.0193. The Morgan fingerprint density at radius 1 is 0.227 bits per heavy atom. The molecule has 2 unspecified atom stereocenters. The normalized spacial score (nSPS) is 12.7. The van der Waals surface area contributed by atoms with Crippen molar-refractivity contribution in [1.82, 2.24) is 0 Å². The van der Waals surface area contributed by atoms with Gasteiger partial charge < -0.3 is 9.11 Å². The van der Waals surface area contributed by atoms with Gasteiger partial charge in [0.25, 0.3) is 0 Å². The summed E-state index contributed by atoms with van der Waals surface area (Å²) in [7, 11) is -9.26. The van der Waals surface area contributed by atoms with E-state index in [9.17, 15) is 25.9 Å². The van der Waals surface area contributed by atoms with Crippen LogP contribution in [-0.2, 0) is 29.2 Å². The molecule has 0 aromatic rings. The fourth-order valence-electron chi connectivity index (χ4n) is 14.0. The van der Waals surface area contributed by atoms with Crippen LogP contribution in [0.1, 0.15) is 503 Å². The van der Waals surface area contributed by atoms with Crippen molar-refractivity contribution in [1.29, 1.82) is 0 Å². The third-order valence-electron chi connectivity index (χ3n) is 20.5. The van der Waals surface area contributed by atoms with Crippen LogP contribution in [0, 0.1) is 11.8 Å². The van der Waals surface area contributed by atoms with Gasteiger partial charge in [-0.05, 0) is 38.5 Å². The minimum Gasteiger partial charge on any atom is -0.726 e. The topological polar surface area (TPSA) is 133 Å². The molecule has 0 rings (SSSR count). The van der Waals surface area contributed by atoms with Crippen molar-refractivity contribution in [2.45, 2.75) is 503 Å². The zero-order chi connectivity index (χ0) is 70.1. The van der Waals surface area contributed by atoms with Gasteiger partial charge in [-0.3, -0.25) is 8.37 Å². The molecule has 0 aliphatic heterocycles. The third kappa shape index (κ3) is 96.5. The molecule has 576 valence electrons. The molecule has 97 heavy (non-hydrogen) atoms. The molecule has 0 radical (unpaired) electrons. The maximum Gasteiger partial charge on any atom is 2.00 e. The Kier molecular flexibility index (Phi) is 91.3. The first-order valence-electron chi connectivity index (χ1n) is 43.5. The predicted octanol–water partition coefficient (Wildman–Crippen LogP) is 29.8. The molecular weight excluding hydrogens is 1270 g/mol. The summed E-state index contributed by atoms with van der Waals surface area (Å²) >= 11 is 0. The largest absolute Gasteiger partial charge is 2.00 e. The van der Waals surface area contributed by atoms with Crippen LogP contribution in [0.2, 0.25) is 0 Å². The SMILES string of the molecule is CCCCCCCCCCCCCCCCCCC/C=C/C(CCCCCCCCCCCCCCCCCCCC)COS(=O)(=O)[O-].CCCCCCCCCCCCCCCCCCC/C=C/C(CCCCCCCCCCCCCCCCCCCC)COS(=O)(=O)[O-].[Ca+2]. The maximum atomic E-state index is 11.0. The molecule has 0 N–H and O–H groups in total. The van der Waals surface area contributed by atoms with E-state index in [2.05, 4.69) is 60.4 Å². The minimum atomic E-state index is -4.63. The van der Waals surface area contributed by atoms with Gasteiger partial charge in [0.2, 0.25) is 20.8 Å². The second-order valence-corrected chi connectivity index (χ2v) is 32.4. The summed E-state index contributed by atoms with van der Waals surface area (Å²) in [4.78, 5) is 0. The molecule has 0 heterocycles. The van der Waals surface area contributed by atoms with Crippen LogP contribution in [0.25, 0.3) is 0 Å². The summed E-state index contributed by atoms with van der Waals surface area (Å²) in [6.45, 7) is 9.12. The number of unbranched alkanes of at least 4 members (excludes halogenated alkanes) is 68. The molecule has 8 nitrogen and oxygen atoms in total. The van der Waals surface area contributed by atoms with Crippen LogP contribution in [0.4, 0.5) is 0 Å². The van der Waals surface area contributed by atoms with Gasteiger partial charge in [0.05, 0.1) is 13.2 Å². The summed E-state index contributed by atoms with van der Waals surface area (Å²) in [6, 6.07) is 0. The average molecular weight is 1440 g/mol. The van der Waals surface area contributed by atoms with Gasteiger partial charge >= 0.3 is 37.7 Å². The van der Waals surface area contributed by atoms with Crippen LogP contribution >= 0.6 is 0 Å². The zero-order valence-electron chi connectivity index (χ0n) is 66.0. The van der Waals surface area contributed by atoms with E-state index in [1.807, 2.05) is 0 Å². The number of allylic oxidation sites excluding steroid dienone is 2. The van der Waals surface area contributed by atoms with Crippen LogP contribution in [0.5, 0.6) is 0 Å². The molecule has 0 saturated carbocycles. The van der Waals surface area contributed by atoms with E-state index >= 15 is 0 Å². The number of hydrogen-bond donors (Lipinski definition) is 0. The van der Waals surface area contributed by atoms with Gasteiger partial charge in [-0.25, -0.2) is 16.8 Å². The molecule has 0 saturated heterocycles. The molecule has 0 aliphatic rings. The van der Waals surface area contributed by atoms with E-state index in [-0.39, 0.29) is 62.8 Å². The van der Waals surface area contributed by atoms with Crippen molar-refractivity contribution >= 4 is 58.5 Å². The van der Waals surface area contributed by atoms with Crippen molar-refractivity contribution in [2.24, 2.45) is 11.8 Å². The summed E-state index contributed by atoms with van der Waals surface area (Å²) in [5.74, 6) is 0.0288. The first kappa shape index (κ1) is 102. The van der Waals surface area contributed by atoms with Gasteiger partial charge in [-0.15, -0.1) is 0 Å². The molecule has 0 aromatic carbocycles. The van der Waals surface area contributed by atoms with Crippen molar-refractivity contribution in [3.63, 3.8) is 0 Å². The van der Waals surface area contributed by atoms with Crippen molar-refractivity contribution < 1.29 is 34.3 Å². The average Bonchev–Trinajstić information content (AvgIpc) is 3.71. The molecule has 2 atom stereocenters. The van der Waals surface area contributed by atoms with Crippen LogP contribution < -0.4 is 0 Å². The Labute approximate surface area is 639 Å². The minimum absolute atomic E-state index is 0. The summed E-state index contributed by atoms with van der Waals surface area (Å²) in [6.07, 6.45) is 108. The van der Waals surface area contributed by atoms with E-state index in [0.29, 0.717) is 0 Å². The second-order valence-electron chi connectivity index (χ2n) is 30.3.